The lowest BCUT2D eigenvalue weighted by Crippen LogP contribution is -2.50. The largest absolute Gasteiger partial charge is 0.376 e. The molecule has 3 rings (SSSR count). The van der Waals surface area contributed by atoms with Crippen molar-refractivity contribution in [1.29, 1.82) is 0 Å². The van der Waals surface area contributed by atoms with Crippen molar-refractivity contribution in [3.8, 4) is 0 Å². The zero-order valence-corrected chi connectivity index (χ0v) is 10.7. The summed E-state index contributed by atoms with van der Waals surface area (Å²) in [7, 11) is 0. The Kier molecular flexibility index (Phi) is 2.66. The molecule has 2 atom stereocenters. The highest BCUT2D eigenvalue weighted by Crippen LogP contribution is 2.41. The molecule has 2 N–H and O–H groups in total. The summed E-state index contributed by atoms with van der Waals surface area (Å²) in [5, 5.41) is 0. The molecule has 1 spiro atoms. The fourth-order valence-corrected chi connectivity index (χ4v) is 3.07. The highest BCUT2D eigenvalue weighted by atomic mass is 16.5. The van der Waals surface area contributed by atoms with E-state index in [0.717, 1.165) is 38.4 Å². The minimum absolute atomic E-state index is 0.136. The number of aromatic nitrogens is 2. The molecule has 5 heteroatoms. The van der Waals surface area contributed by atoms with E-state index >= 15 is 0 Å². The first-order valence-electron chi connectivity index (χ1n) is 7.01. The molecule has 18 heavy (non-hydrogen) atoms. The maximum Gasteiger partial charge on any atom is 0.147 e. The van der Waals surface area contributed by atoms with Gasteiger partial charge in [-0.2, -0.15) is 0 Å². The Balaban J connectivity index is 1.68. The molecule has 2 aliphatic rings. The second kappa shape index (κ2) is 4.48. The maximum absolute atomic E-state index is 7.36. The number of hydrogen-bond acceptors (Lipinski definition) is 5. The van der Waals surface area contributed by atoms with Crippen molar-refractivity contribution in [2.75, 3.05) is 24.6 Å². The minimum atomic E-state index is 0.136. The summed E-state index contributed by atoms with van der Waals surface area (Å²) in [5.41, 5.74) is 6.43. The van der Waals surface area contributed by atoms with Gasteiger partial charge in [0, 0.05) is 36.9 Å². The van der Waals surface area contributed by atoms with Crippen molar-refractivity contribution >= 4 is 5.82 Å². The minimum Gasteiger partial charge on any atom is -0.376 e. The van der Waals surface area contributed by atoms with Crippen LogP contribution in [0.3, 0.4) is 0 Å². The Morgan fingerprint density at radius 2 is 2.33 bits per heavy atom. The maximum atomic E-state index is 7.36. The molecule has 3 heterocycles. The third kappa shape index (κ3) is 1.87. The molecule has 1 aromatic rings. The monoisotopic (exact) mass is 249 g/mol. The smallest absolute Gasteiger partial charge is 0.147 e. The van der Waals surface area contributed by atoms with E-state index in [-0.39, 0.29) is 23.7 Å². The van der Waals surface area contributed by atoms with Crippen molar-refractivity contribution in [2.24, 2.45) is 11.1 Å². The molecule has 0 aliphatic carbocycles. The van der Waals surface area contributed by atoms with Gasteiger partial charge in [0.15, 0.2) is 0 Å². The van der Waals surface area contributed by atoms with E-state index in [1.165, 1.54) is 6.20 Å². The van der Waals surface area contributed by atoms with Crippen LogP contribution in [-0.2, 0) is 4.74 Å². The molecule has 2 aliphatic heterocycles. The Morgan fingerprint density at radius 3 is 2.89 bits per heavy atom. The van der Waals surface area contributed by atoms with Gasteiger partial charge in [0.2, 0.25) is 0 Å². The third-order valence-corrected chi connectivity index (χ3v) is 4.44. The van der Waals surface area contributed by atoms with E-state index in [1.807, 2.05) is 0 Å². The summed E-state index contributed by atoms with van der Waals surface area (Å²) in [5.74, 6) is 0.853. The number of hydrogen-bond donors (Lipinski definition) is 1. The van der Waals surface area contributed by atoms with Crippen LogP contribution in [0.2, 0.25) is 0 Å². The Hall–Kier alpha value is -1.20. The summed E-state index contributed by atoms with van der Waals surface area (Å²) in [6.07, 6.45) is 5.59. The molecule has 1 aromatic heterocycles. The van der Waals surface area contributed by atoms with Gasteiger partial charge in [0.25, 0.3) is 0 Å². The average Bonchev–Trinajstić information content (AvgIpc) is 2.70. The molecule has 0 radical (unpaired) electrons. The standard InChI is InChI=1S/C13H20N4O/c1-10-12(14)13(9-18-10)2-6-17(7-3-13)11-8-15-4-5-16-11/h4-5,8,10,12H,2-3,6-7,9,14H2,1H3/t10-,12+/m0/s1/i4D. The molecule has 98 valence electrons. The molecule has 0 unspecified atom stereocenters. The lowest BCUT2D eigenvalue weighted by atomic mass is 9.73. The highest BCUT2D eigenvalue weighted by Gasteiger charge is 2.47. The van der Waals surface area contributed by atoms with Crippen molar-refractivity contribution in [3.05, 3.63) is 18.6 Å². The Labute approximate surface area is 109 Å². The number of nitrogens with two attached hydrogens (primary N) is 1. The predicted octanol–water partition coefficient (Wildman–Crippen LogP) is 0.809. The van der Waals surface area contributed by atoms with E-state index in [9.17, 15) is 0 Å². The van der Waals surface area contributed by atoms with E-state index in [4.69, 9.17) is 11.8 Å². The lowest BCUT2D eigenvalue weighted by molar-refractivity contribution is 0.0974. The molecule has 2 fully saturated rings. The first-order chi connectivity index (χ1) is 9.11. The van der Waals surface area contributed by atoms with Crippen LogP contribution < -0.4 is 10.6 Å². The molecule has 0 aromatic carbocycles. The van der Waals surface area contributed by atoms with Gasteiger partial charge in [-0.1, -0.05) is 0 Å². The van der Waals surface area contributed by atoms with Crippen molar-refractivity contribution in [2.45, 2.75) is 31.9 Å². The van der Waals surface area contributed by atoms with E-state index < -0.39 is 0 Å². The average molecular weight is 249 g/mol. The van der Waals surface area contributed by atoms with Crippen LogP contribution >= 0.6 is 0 Å². The molecular formula is C13H20N4O. The molecule has 0 amide bonds. The van der Waals surface area contributed by atoms with Gasteiger partial charge in [-0.05, 0) is 19.8 Å². The van der Waals surface area contributed by atoms with Gasteiger partial charge >= 0.3 is 0 Å². The van der Waals surface area contributed by atoms with Crippen LogP contribution in [0.4, 0.5) is 5.82 Å². The van der Waals surface area contributed by atoms with Gasteiger partial charge < -0.3 is 15.4 Å². The number of nitrogens with zero attached hydrogens (tertiary/aromatic N) is 3. The third-order valence-electron chi connectivity index (χ3n) is 4.44. The van der Waals surface area contributed by atoms with Crippen LogP contribution in [-0.4, -0.2) is 41.8 Å². The number of anilines is 1. The fraction of sp³-hybridized carbons (Fsp3) is 0.692. The van der Waals surface area contributed by atoms with Gasteiger partial charge in [-0.25, -0.2) is 4.98 Å². The SMILES string of the molecule is [2H]c1cnc(N2CCC3(CC2)CO[C@@H](C)[C@H]3N)cn1. The summed E-state index contributed by atoms with van der Waals surface area (Å²) < 4.78 is 13.1. The summed E-state index contributed by atoms with van der Waals surface area (Å²) >= 11 is 0. The quantitative estimate of drug-likeness (QED) is 0.798. The summed E-state index contributed by atoms with van der Waals surface area (Å²) in [4.78, 5) is 10.5. The van der Waals surface area contributed by atoms with Crippen LogP contribution in [0.5, 0.6) is 0 Å². The summed E-state index contributed by atoms with van der Waals surface area (Å²) in [6, 6.07) is 0.136. The molecule has 0 bridgehead atoms. The van der Waals surface area contributed by atoms with Crippen molar-refractivity contribution < 1.29 is 6.11 Å². The zero-order chi connectivity index (χ0) is 13.5. The predicted molar refractivity (Wildman–Crippen MR) is 69.3 cm³/mol. The van der Waals surface area contributed by atoms with E-state index in [0.29, 0.717) is 0 Å². The molecule has 5 nitrogen and oxygen atoms in total. The van der Waals surface area contributed by atoms with Crippen LogP contribution in [0.15, 0.2) is 18.6 Å². The lowest BCUT2D eigenvalue weighted by Gasteiger charge is -2.41. The van der Waals surface area contributed by atoms with Crippen molar-refractivity contribution in [1.82, 2.24) is 9.97 Å². The normalized spacial score (nSPS) is 31.7. The number of rotatable bonds is 1. The molecular weight excluding hydrogens is 228 g/mol. The number of piperidine rings is 1. The highest BCUT2D eigenvalue weighted by molar-refractivity contribution is 5.36. The zero-order valence-electron chi connectivity index (χ0n) is 11.7. The second-order valence-corrected chi connectivity index (χ2v) is 5.40. The van der Waals surface area contributed by atoms with Crippen molar-refractivity contribution in [3.63, 3.8) is 0 Å². The van der Waals surface area contributed by atoms with Gasteiger partial charge in [-0.3, -0.25) is 4.98 Å². The Bertz CT molecular complexity index is 444. The van der Waals surface area contributed by atoms with Gasteiger partial charge in [0.1, 0.15) is 5.82 Å². The summed E-state index contributed by atoms with van der Waals surface area (Å²) in [6.45, 7) is 4.69. The van der Waals surface area contributed by atoms with Gasteiger partial charge in [-0.15, -0.1) is 0 Å². The second-order valence-electron chi connectivity index (χ2n) is 5.40. The van der Waals surface area contributed by atoms with Crippen LogP contribution in [0, 0.1) is 5.41 Å². The van der Waals surface area contributed by atoms with Gasteiger partial charge in [0.05, 0.1) is 20.3 Å². The number of ether oxygens (including phenoxy) is 1. The first-order valence-corrected chi connectivity index (χ1v) is 6.51. The first kappa shape index (κ1) is 10.7. The van der Waals surface area contributed by atoms with Crippen LogP contribution in [0.25, 0.3) is 0 Å². The Morgan fingerprint density at radius 1 is 1.56 bits per heavy atom. The van der Waals surface area contributed by atoms with E-state index in [1.54, 1.807) is 6.20 Å². The molecule has 2 saturated heterocycles. The molecule has 0 saturated carbocycles. The fourth-order valence-electron chi connectivity index (χ4n) is 3.07. The topological polar surface area (TPSA) is 64.3 Å². The van der Waals surface area contributed by atoms with E-state index in [2.05, 4.69) is 21.8 Å². The van der Waals surface area contributed by atoms with Crippen LogP contribution in [0.1, 0.15) is 21.1 Å².